The molecule has 0 radical (unpaired) electrons. The van der Waals surface area contributed by atoms with Crippen molar-refractivity contribution >= 4 is 15.9 Å². The first-order chi connectivity index (χ1) is 7.69. The molecule has 0 aromatic heterocycles. The van der Waals surface area contributed by atoms with Gasteiger partial charge < -0.3 is 0 Å². The topological polar surface area (TPSA) is 0 Å². The van der Waals surface area contributed by atoms with Crippen LogP contribution in [-0.4, -0.2) is 0 Å². The van der Waals surface area contributed by atoms with Crippen molar-refractivity contribution in [3.63, 3.8) is 0 Å². The highest BCUT2D eigenvalue weighted by atomic mass is 79.9. The van der Waals surface area contributed by atoms with Gasteiger partial charge in [-0.25, -0.2) is 8.78 Å². The third kappa shape index (κ3) is 1.83. The summed E-state index contributed by atoms with van der Waals surface area (Å²) in [7, 11) is 0. The van der Waals surface area contributed by atoms with Gasteiger partial charge in [0.15, 0.2) is 11.6 Å². The van der Waals surface area contributed by atoms with Gasteiger partial charge in [-0.15, -0.1) is 0 Å². The summed E-state index contributed by atoms with van der Waals surface area (Å²) in [5.41, 5.74) is 1.24. The maximum absolute atomic E-state index is 13.2. The Labute approximate surface area is 110 Å². The van der Waals surface area contributed by atoms with Crippen molar-refractivity contribution in [1.82, 2.24) is 0 Å². The Bertz CT molecular complexity index is 438. The molecule has 0 bridgehead atoms. The van der Waals surface area contributed by atoms with Crippen LogP contribution in [0.3, 0.4) is 0 Å². The van der Waals surface area contributed by atoms with Gasteiger partial charge in [0.05, 0.1) is 0 Å². The van der Waals surface area contributed by atoms with E-state index in [0.717, 1.165) is 5.56 Å². The van der Waals surface area contributed by atoms with Crippen LogP contribution in [0.4, 0.5) is 8.78 Å². The monoisotopic (exact) mass is 302 g/mol. The van der Waals surface area contributed by atoms with Gasteiger partial charge in [0.25, 0.3) is 0 Å². The number of hydrogen-bond donors (Lipinski definition) is 0. The summed E-state index contributed by atoms with van der Waals surface area (Å²) >= 11 is 3.63. The Balaban J connectivity index is 2.28. The molecular weight excluding hydrogens is 286 g/mol. The van der Waals surface area contributed by atoms with Crippen LogP contribution < -0.4 is 0 Å². The molecule has 94 valence electrons. The zero-order chi connectivity index (χ0) is 13.0. The fourth-order valence-corrected chi connectivity index (χ4v) is 4.46. The quantitative estimate of drug-likeness (QED) is 0.668. The summed E-state index contributed by atoms with van der Waals surface area (Å²) < 4.78 is 26.1. The Morgan fingerprint density at radius 2 is 1.59 bits per heavy atom. The molecule has 3 heteroatoms. The smallest absolute Gasteiger partial charge is 0.159 e. The molecule has 0 spiro atoms. The van der Waals surface area contributed by atoms with Crippen LogP contribution in [0.1, 0.15) is 38.1 Å². The van der Waals surface area contributed by atoms with Gasteiger partial charge in [-0.1, -0.05) is 49.7 Å². The summed E-state index contributed by atoms with van der Waals surface area (Å²) in [5.74, 6) is -1.13. The minimum absolute atomic E-state index is 0.0719. The third-order valence-corrected chi connectivity index (χ3v) is 5.74. The highest BCUT2D eigenvalue weighted by Gasteiger charge is 2.66. The van der Waals surface area contributed by atoms with Gasteiger partial charge >= 0.3 is 0 Å². The van der Waals surface area contributed by atoms with E-state index in [9.17, 15) is 8.78 Å². The lowest BCUT2D eigenvalue weighted by Gasteiger charge is -2.12. The molecule has 1 atom stereocenters. The van der Waals surface area contributed by atoms with E-state index in [4.69, 9.17) is 0 Å². The average Bonchev–Trinajstić information content (AvgIpc) is 2.61. The van der Waals surface area contributed by atoms with E-state index in [1.807, 2.05) is 0 Å². The van der Waals surface area contributed by atoms with E-state index >= 15 is 0 Å². The highest BCUT2D eigenvalue weighted by molar-refractivity contribution is 9.09. The van der Waals surface area contributed by atoms with Crippen molar-refractivity contribution < 1.29 is 8.78 Å². The van der Waals surface area contributed by atoms with Crippen molar-refractivity contribution in [1.29, 1.82) is 0 Å². The van der Waals surface area contributed by atoms with Crippen LogP contribution in [0.5, 0.6) is 0 Å². The van der Waals surface area contributed by atoms with Crippen molar-refractivity contribution in [2.75, 3.05) is 0 Å². The Hall–Kier alpha value is -0.440. The molecule has 0 amide bonds. The fraction of sp³-hybridized carbons (Fsp3) is 0.571. The summed E-state index contributed by atoms with van der Waals surface area (Å²) in [6, 6.07) is 4.14. The fourth-order valence-electron chi connectivity index (χ4n) is 2.86. The minimum atomic E-state index is -0.789. The molecule has 1 aliphatic rings. The second kappa shape index (κ2) is 3.78. The number of benzene rings is 1. The first-order valence-electron chi connectivity index (χ1n) is 5.78. The molecule has 17 heavy (non-hydrogen) atoms. The van der Waals surface area contributed by atoms with Crippen LogP contribution in [0.25, 0.3) is 0 Å². The van der Waals surface area contributed by atoms with Gasteiger partial charge in [-0.2, -0.15) is 0 Å². The van der Waals surface area contributed by atoms with Gasteiger partial charge in [-0.3, -0.25) is 0 Å². The first-order valence-corrected chi connectivity index (χ1v) is 6.70. The Morgan fingerprint density at radius 3 is 2.00 bits per heavy atom. The standard InChI is InChI=1S/C14H17BrF2/c1-13(2)12(14(13,3)4)11(15)8-5-6-9(16)10(17)7-8/h5-7,11-12H,1-4H3. The molecule has 1 aliphatic carbocycles. The molecule has 1 aromatic rings. The van der Waals surface area contributed by atoms with Gasteiger partial charge in [0, 0.05) is 4.83 Å². The second-order valence-electron chi connectivity index (χ2n) is 6.00. The number of rotatable bonds is 2. The van der Waals surface area contributed by atoms with E-state index in [1.165, 1.54) is 12.1 Å². The van der Waals surface area contributed by atoms with Crippen molar-refractivity contribution in [2.45, 2.75) is 32.5 Å². The molecule has 0 heterocycles. The lowest BCUT2D eigenvalue weighted by Crippen LogP contribution is -2.00. The molecule has 1 fully saturated rings. The highest BCUT2D eigenvalue weighted by Crippen LogP contribution is 2.73. The SMILES string of the molecule is CC1(C)C(C(Br)c2ccc(F)c(F)c2)C1(C)C. The van der Waals surface area contributed by atoms with Gasteiger partial charge in [0.1, 0.15) is 0 Å². The minimum Gasteiger partial charge on any atom is -0.204 e. The Morgan fingerprint density at radius 1 is 1.06 bits per heavy atom. The van der Waals surface area contributed by atoms with E-state index in [0.29, 0.717) is 5.92 Å². The molecule has 1 aromatic carbocycles. The molecule has 0 saturated heterocycles. The Kier molecular flexibility index (Phi) is 2.89. The number of alkyl halides is 1. The zero-order valence-electron chi connectivity index (χ0n) is 10.5. The van der Waals surface area contributed by atoms with Gasteiger partial charge in [0.2, 0.25) is 0 Å². The second-order valence-corrected chi connectivity index (χ2v) is 6.98. The van der Waals surface area contributed by atoms with Gasteiger partial charge in [-0.05, 0) is 34.4 Å². The maximum Gasteiger partial charge on any atom is 0.159 e. The molecular formula is C14H17BrF2. The molecule has 1 unspecified atom stereocenters. The summed E-state index contributed by atoms with van der Waals surface area (Å²) in [6.45, 7) is 8.86. The molecule has 0 N–H and O–H groups in total. The maximum atomic E-state index is 13.2. The largest absolute Gasteiger partial charge is 0.204 e. The van der Waals surface area contributed by atoms with E-state index in [1.54, 1.807) is 6.07 Å². The molecule has 1 saturated carbocycles. The zero-order valence-corrected chi connectivity index (χ0v) is 12.1. The summed E-state index contributed by atoms with van der Waals surface area (Å²) in [6.07, 6.45) is 0. The van der Waals surface area contributed by atoms with Crippen molar-refractivity contribution in [2.24, 2.45) is 16.7 Å². The van der Waals surface area contributed by atoms with Crippen LogP contribution in [0.15, 0.2) is 18.2 Å². The van der Waals surface area contributed by atoms with Crippen LogP contribution in [0, 0.1) is 28.4 Å². The number of hydrogen-bond acceptors (Lipinski definition) is 0. The van der Waals surface area contributed by atoms with Crippen molar-refractivity contribution in [3.05, 3.63) is 35.4 Å². The van der Waals surface area contributed by atoms with E-state index < -0.39 is 11.6 Å². The van der Waals surface area contributed by atoms with E-state index in [2.05, 4.69) is 43.6 Å². The first kappa shape index (κ1) is 13.0. The van der Waals surface area contributed by atoms with E-state index in [-0.39, 0.29) is 15.7 Å². The molecule has 0 aliphatic heterocycles. The predicted molar refractivity (Wildman–Crippen MR) is 69.1 cm³/mol. The average molecular weight is 303 g/mol. The summed E-state index contributed by atoms with van der Waals surface area (Å²) in [5, 5.41) is 0. The summed E-state index contributed by atoms with van der Waals surface area (Å²) in [4.78, 5) is 0.0719. The lowest BCUT2D eigenvalue weighted by atomic mass is 10.0. The lowest BCUT2D eigenvalue weighted by molar-refractivity contribution is 0.457. The van der Waals surface area contributed by atoms with Crippen molar-refractivity contribution in [3.8, 4) is 0 Å². The molecule has 2 rings (SSSR count). The third-order valence-electron chi connectivity index (χ3n) is 4.69. The van der Waals surface area contributed by atoms with Crippen LogP contribution >= 0.6 is 15.9 Å². The van der Waals surface area contributed by atoms with Crippen LogP contribution in [-0.2, 0) is 0 Å². The normalized spacial score (nSPS) is 23.5. The van der Waals surface area contributed by atoms with Crippen LogP contribution in [0.2, 0.25) is 0 Å². The molecule has 0 nitrogen and oxygen atoms in total. The number of halogens is 3. The predicted octanol–water partition coefficient (Wildman–Crippen LogP) is 5.08.